The summed E-state index contributed by atoms with van der Waals surface area (Å²) in [6.07, 6.45) is 4.50. The van der Waals surface area contributed by atoms with Gasteiger partial charge in [-0.05, 0) is 75.8 Å². The van der Waals surface area contributed by atoms with Crippen LogP contribution in [0.2, 0.25) is 0 Å². The van der Waals surface area contributed by atoms with Crippen molar-refractivity contribution in [3.05, 3.63) is 59.4 Å². The van der Waals surface area contributed by atoms with Gasteiger partial charge in [-0.3, -0.25) is 14.2 Å². The average Bonchev–Trinajstić information content (AvgIpc) is 2.92. The molecule has 1 aromatic carbocycles. The Bertz CT molecular complexity index is 1070. The summed E-state index contributed by atoms with van der Waals surface area (Å²) in [5.74, 6) is 0. The molecule has 2 aromatic rings. The maximum Gasteiger partial charge on any atom is 0.495 e. The average molecular weight is 406 g/mol. The first-order valence-corrected chi connectivity index (χ1v) is 9.88. The van der Waals surface area contributed by atoms with Gasteiger partial charge in [0.25, 0.3) is 0 Å². The van der Waals surface area contributed by atoms with E-state index in [4.69, 9.17) is 9.31 Å². The molecule has 7 heteroatoms. The first kappa shape index (κ1) is 21.9. The quantitative estimate of drug-likeness (QED) is 0.435. The number of pyridine rings is 1. The lowest BCUT2D eigenvalue weighted by Gasteiger charge is -2.32. The van der Waals surface area contributed by atoms with Crippen molar-refractivity contribution in [1.29, 1.82) is 0 Å². The van der Waals surface area contributed by atoms with Crippen molar-refractivity contribution in [2.24, 2.45) is 4.99 Å². The van der Waals surface area contributed by atoms with Crippen LogP contribution in [0.1, 0.15) is 40.2 Å². The van der Waals surface area contributed by atoms with Gasteiger partial charge in [-0.15, -0.1) is 0 Å². The molecule has 0 N–H and O–H groups in total. The smallest absolute Gasteiger partial charge is 0.399 e. The summed E-state index contributed by atoms with van der Waals surface area (Å²) in [5.41, 5.74) is 3.96. The van der Waals surface area contributed by atoms with E-state index in [9.17, 15) is 9.59 Å². The Labute approximate surface area is 177 Å². The Morgan fingerprint density at radius 3 is 2.37 bits per heavy atom. The van der Waals surface area contributed by atoms with Gasteiger partial charge in [-0.25, -0.2) is 4.99 Å². The molecule has 1 saturated heterocycles. The number of benzene rings is 1. The van der Waals surface area contributed by atoms with Gasteiger partial charge in [0.05, 0.1) is 11.2 Å². The zero-order valence-corrected chi connectivity index (χ0v) is 18.3. The largest absolute Gasteiger partial charge is 0.495 e. The second kappa shape index (κ2) is 8.16. The Balaban J connectivity index is 2.07. The predicted molar refractivity (Wildman–Crippen MR) is 118 cm³/mol. The van der Waals surface area contributed by atoms with Crippen LogP contribution < -0.4 is 11.0 Å². The second-order valence-electron chi connectivity index (χ2n) is 8.51. The van der Waals surface area contributed by atoms with E-state index < -0.39 is 18.3 Å². The maximum absolute atomic E-state index is 11.4. The SMILES string of the molecule is C/C(C=O)=C\N=c1cc(-c2cccc(B3OC(C)(C)C(C)(C)O3)c2C)ccn1C=O. The van der Waals surface area contributed by atoms with E-state index in [0.29, 0.717) is 17.5 Å². The topological polar surface area (TPSA) is 69.9 Å². The number of hydrogen-bond acceptors (Lipinski definition) is 5. The Morgan fingerprint density at radius 1 is 1.10 bits per heavy atom. The van der Waals surface area contributed by atoms with Gasteiger partial charge < -0.3 is 9.31 Å². The molecule has 3 rings (SSSR count). The number of allylic oxidation sites excluding steroid dienone is 1. The first-order valence-electron chi connectivity index (χ1n) is 9.88. The number of nitrogens with zero attached hydrogens (tertiary/aromatic N) is 2. The third-order valence-corrected chi connectivity index (χ3v) is 5.86. The molecule has 1 aliphatic heterocycles. The summed E-state index contributed by atoms with van der Waals surface area (Å²) in [7, 11) is -0.457. The van der Waals surface area contributed by atoms with Crippen LogP contribution in [0.4, 0.5) is 0 Å². The van der Waals surface area contributed by atoms with Crippen molar-refractivity contribution in [3.63, 3.8) is 0 Å². The van der Waals surface area contributed by atoms with Gasteiger partial charge in [0.2, 0.25) is 6.41 Å². The van der Waals surface area contributed by atoms with Crippen LogP contribution in [-0.4, -0.2) is 35.6 Å². The zero-order valence-electron chi connectivity index (χ0n) is 18.3. The highest BCUT2D eigenvalue weighted by Gasteiger charge is 2.52. The lowest BCUT2D eigenvalue weighted by atomic mass is 9.74. The summed E-state index contributed by atoms with van der Waals surface area (Å²) in [6, 6.07) is 9.67. The fraction of sp³-hybridized carbons (Fsp3) is 0.348. The fourth-order valence-electron chi connectivity index (χ4n) is 3.25. The monoisotopic (exact) mass is 406 g/mol. The van der Waals surface area contributed by atoms with Gasteiger partial charge in [-0.1, -0.05) is 18.2 Å². The van der Waals surface area contributed by atoms with Gasteiger partial charge >= 0.3 is 7.12 Å². The molecule has 156 valence electrons. The van der Waals surface area contributed by atoms with Crippen LogP contribution in [0.25, 0.3) is 11.1 Å². The molecule has 0 unspecified atom stereocenters. The van der Waals surface area contributed by atoms with Crippen LogP contribution >= 0.6 is 0 Å². The lowest BCUT2D eigenvalue weighted by molar-refractivity contribution is -0.104. The van der Waals surface area contributed by atoms with Crippen molar-refractivity contribution in [2.45, 2.75) is 52.7 Å². The van der Waals surface area contributed by atoms with E-state index >= 15 is 0 Å². The Morgan fingerprint density at radius 2 is 1.77 bits per heavy atom. The van der Waals surface area contributed by atoms with Crippen molar-refractivity contribution >= 4 is 25.3 Å². The molecule has 2 heterocycles. The van der Waals surface area contributed by atoms with Gasteiger partial charge in [0, 0.05) is 18.0 Å². The molecule has 1 aliphatic rings. The molecule has 0 radical (unpaired) electrons. The van der Waals surface area contributed by atoms with Crippen LogP contribution in [0, 0.1) is 6.92 Å². The van der Waals surface area contributed by atoms with E-state index in [0.717, 1.165) is 28.4 Å². The van der Waals surface area contributed by atoms with Crippen molar-refractivity contribution in [2.75, 3.05) is 0 Å². The van der Waals surface area contributed by atoms with Crippen LogP contribution in [0.15, 0.2) is 53.3 Å². The summed E-state index contributed by atoms with van der Waals surface area (Å²) >= 11 is 0. The number of carbonyl (C=O) groups is 2. The highest BCUT2D eigenvalue weighted by molar-refractivity contribution is 6.62. The van der Waals surface area contributed by atoms with E-state index in [1.807, 2.05) is 65.0 Å². The van der Waals surface area contributed by atoms with E-state index in [-0.39, 0.29) is 0 Å². The molecule has 1 fully saturated rings. The fourth-order valence-corrected chi connectivity index (χ4v) is 3.25. The van der Waals surface area contributed by atoms with Crippen LogP contribution in [0.5, 0.6) is 0 Å². The van der Waals surface area contributed by atoms with Crippen molar-refractivity contribution in [1.82, 2.24) is 4.57 Å². The zero-order chi connectivity index (χ0) is 22.1. The van der Waals surface area contributed by atoms with Crippen LogP contribution in [0.3, 0.4) is 0 Å². The molecular weight excluding hydrogens is 379 g/mol. The van der Waals surface area contributed by atoms with Crippen molar-refractivity contribution in [3.8, 4) is 11.1 Å². The van der Waals surface area contributed by atoms with Crippen LogP contribution in [-0.2, 0) is 18.9 Å². The summed E-state index contributed by atoms with van der Waals surface area (Å²) in [6.45, 7) is 11.8. The molecule has 1 aromatic heterocycles. The molecule has 0 bridgehead atoms. The normalized spacial score (nSPS) is 18.5. The molecule has 0 saturated carbocycles. The molecular formula is C23H27BN2O4. The minimum atomic E-state index is -0.457. The highest BCUT2D eigenvalue weighted by Crippen LogP contribution is 2.37. The van der Waals surface area contributed by atoms with E-state index in [2.05, 4.69) is 4.99 Å². The number of carbonyl (C=O) groups excluding carboxylic acids is 2. The van der Waals surface area contributed by atoms with Crippen molar-refractivity contribution < 1.29 is 18.9 Å². The Kier molecular flexibility index (Phi) is 5.97. The number of aldehydes is 1. The summed E-state index contributed by atoms with van der Waals surface area (Å²) in [4.78, 5) is 26.5. The number of rotatable bonds is 5. The number of aromatic nitrogens is 1. The predicted octanol–water partition coefficient (Wildman–Crippen LogP) is 2.80. The third kappa shape index (κ3) is 4.08. The summed E-state index contributed by atoms with van der Waals surface area (Å²) < 4.78 is 13.8. The standard InChI is InChI=1S/C23H27BN2O4/c1-16(14-27)13-25-21-12-18(10-11-26(21)15-28)19-8-7-9-20(17(19)2)24-29-22(3,4)23(5,6)30-24/h7-15H,1-6H3/b16-13+,25-21?. The minimum absolute atomic E-state index is 0.419. The minimum Gasteiger partial charge on any atom is -0.399 e. The second-order valence-corrected chi connectivity index (χ2v) is 8.51. The first-order chi connectivity index (χ1) is 14.1. The molecule has 30 heavy (non-hydrogen) atoms. The maximum atomic E-state index is 11.4. The van der Waals surface area contributed by atoms with E-state index in [1.165, 1.54) is 10.8 Å². The van der Waals surface area contributed by atoms with E-state index in [1.54, 1.807) is 13.1 Å². The highest BCUT2D eigenvalue weighted by atomic mass is 16.7. The van der Waals surface area contributed by atoms with Gasteiger partial charge in [0.1, 0.15) is 11.8 Å². The third-order valence-electron chi connectivity index (χ3n) is 5.86. The lowest BCUT2D eigenvalue weighted by Crippen LogP contribution is -2.41. The molecule has 0 amide bonds. The molecule has 0 atom stereocenters. The Hall–Kier alpha value is -2.77. The van der Waals surface area contributed by atoms with Gasteiger partial charge in [0.15, 0.2) is 0 Å². The van der Waals surface area contributed by atoms with Gasteiger partial charge in [-0.2, -0.15) is 0 Å². The number of hydrogen-bond donors (Lipinski definition) is 0. The molecule has 0 aliphatic carbocycles. The molecule has 0 spiro atoms. The summed E-state index contributed by atoms with van der Waals surface area (Å²) in [5, 5.41) is 0. The molecule has 6 nitrogen and oxygen atoms in total.